The number of aryl methyl sites for hydroxylation is 6. The Hall–Kier alpha value is -0.497. The maximum Gasteiger partial charge on any atom is 2.00 e. The van der Waals surface area contributed by atoms with E-state index < -0.39 is 0 Å². The normalized spacial score (nSPS) is 8.61. The smallest absolute Gasteiger partial charge is 1.00 e. The van der Waals surface area contributed by atoms with Gasteiger partial charge in [-0.2, -0.15) is 0 Å². The summed E-state index contributed by atoms with van der Waals surface area (Å²) in [5, 5.41) is 18.4. The molecule has 0 aliphatic rings. The van der Waals surface area contributed by atoms with E-state index in [9.17, 15) is 10.2 Å². The molecule has 5 heteroatoms. The van der Waals surface area contributed by atoms with Crippen molar-refractivity contribution < 1.29 is 61.2 Å². The predicted octanol–water partition coefficient (Wildman–Crippen LogP) is -1.36. The molecular weight excluding hydrogens is 410 g/mol. The SMILES string of the molecule is Cc1cc(C)c(O)cc1C.Cc1cc(C)c(O)cc1C.[Cl-].[Cl-].[Zr+2]. The maximum absolute atomic E-state index is 9.22. The van der Waals surface area contributed by atoms with E-state index in [-0.39, 0.29) is 51.0 Å². The van der Waals surface area contributed by atoms with Crippen LogP contribution >= 0.6 is 0 Å². The summed E-state index contributed by atoms with van der Waals surface area (Å²) in [7, 11) is 0. The van der Waals surface area contributed by atoms with Crippen LogP contribution in [-0.2, 0) is 26.2 Å². The Labute approximate surface area is 171 Å². The Kier molecular flexibility index (Phi) is 14.2. The molecule has 2 rings (SSSR count). The van der Waals surface area contributed by atoms with E-state index >= 15 is 0 Å². The third kappa shape index (κ3) is 8.24. The summed E-state index contributed by atoms with van der Waals surface area (Å²) in [6.07, 6.45) is 0. The van der Waals surface area contributed by atoms with Crippen LogP contribution in [0.25, 0.3) is 0 Å². The van der Waals surface area contributed by atoms with E-state index in [2.05, 4.69) is 0 Å². The van der Waals surface area contributed by atoms with Crippen molar-refractivity contribution in [1.82, 2.24) is 0 Å². The van der Waals surface area contributed by atoms with Gasteiger partial charge < -0.3 is 35.0 Å². The van der Waals surface area contributed by atoms with E-state index in [1.165, 1.54) is 11.1 Å². The summed E-state index contributed by atoms with van der Waals surface area (Å²) in [6.45, 7) is 11.9. The van der Waals surface area contributed by atoms with Crippen molar-refractivity contribution in [3.63, 3.8) is 0 Å². The van der Waals surface area contributed by atoms with Crippen molar-refractivity contribution in [3.8, 4) is 11.5 Å². The van der Waals surface area contributed by atoms with Crippen LogP contribution in [0.4, 0.5) is 0 Å². The molecule has 0 aliphatic carbocycles. The summed E-state index contributed by atoms with van der Waals surface area (Å²) in [6, 6.07) is 7.57. The van der Waals surface area contributed by atoms with Crippen molar-refractivity contribution in [1.29, 1.82) is 0 Å². The standard InChI is InChI=1S/2C9H12O.2ClH.Zr/c2*1-6-4-8(3)9(10)5-7(6)2;;;/h2*4-5,10H,1-3H3;2*1H;/q;;;;+2/p-2. The van der Waals surface area contributed by atoms with Gasteiger partial charge in [-0.25, -0.2) is 0 Å². The minimum atomic E-state index is 0. The molecule has 2 N–H and O–H groups in total. The van der Waals surface area contributed by atoms with Crippen LogP contribution in [0, 0.1) is 41.5 Å². The predicted molar refractivity (Wildman–Crippen MR) is 84.6 cm³/mol. The van der Waals surface area contributed by atoms with Crippen LogP contribution in [0.15, 0.2) is 24.3 Å². The van der Waals surface area contributed by atoms with E-state index in [4.69, 9.17) is 0 Å². The van der Waals surface area contributed by atoms with Gasteiger partial charge in [-0.3, -0.25) is 0 Å². The molecule has 0 saturated carbocycles. The van der Waals surface area contributed by atoms with Gasteiger partial charge >= 0.3 is 26.2 Å². The van der Waals surface area contributed by atoms with E-state index in [0.717, 1.165) is 22.3 Å². The topological polar surface area (TPSA) is 40.5 Å². The molecule has 0 amide bonds. The second-order valence-corrected chi connectivity index (χ2v) is 5.45. The summed E-state index contributed by atoms with van der Waals surface area (Å²) in [4.78, 5) is 0. The van der Waals surface area contributed by atoms with Crippen LogP contribution in [0.5, 0.6) is 11.5 Å². The van der Waals surface area contributed by atoms with E-state index in [0.29, 0.717) is 11.5 Å². The van der Waals surface area contributed by atoms with Crippen LogP contribution in [-0.4, -0.2) is 10.2 Å². The van der Waals surface area contributed by atoms with Crippen LogP contribution in [0.3, 0.4) is 0 Å². The first-order valence-electron chi connectivity index (χ1n) is 6.76. The van der Waals surface area contributed by atoms with Gasteiger partial charge in [0.15, 0.2) is 0 Å². The second-order valence-electron chi connectivity index (χ2n) is 5.45. The first kappa shape index (κ1) is 27.4. The van der Waals surface area contributed by atoms with Crippen LogP contribution < -0.4 is 24.8 Å². The van der Waals surface area contributed by atoms with Crippen molar-refractivity contribution in [2.75, 3.05) is 0 Å². The van der Waals surface area contributed by atoms with Gasteiger partial charge in [0.25, 0.3) is 0 Å². The minimum Gasteiger partial charge on any atom is -1.00 e. The minimum absolute atomic E-state index is 0. The zero-order valence-corrected chi connectivity index (χ0v) is 18.4. The Morgan fingerprint density at radius 2 is 0.696 bits per heavy atom. The molecule has 0 atom stereocenters. The molecule has 23 heavy (non-hydrogen) atoms. The average molecular weight is 435 g/mol. The molecule has 2 aromatic carbocycles. The fourth-order valence-corrected chi connectivity index (χ4v) is 1.89. The van der Waals surface area contributed by atoms with Gasteiger partial charge in [-0.1, -0.05) is 12.1 Å². The molecule has 0 aliphatic heterocycles. The summed E-state index contributed by atoms with van der Waals surface area (Å²) < 4.78 is 0. The molecule has 0 heterocycles. The fraction of sp³-hybridized carbons (Fsp3) is 0.333. The Morgan fingerprint density at radius 1 is 0.478 bits per heavy atom. The van der Waals surface area contributed by atoms with Crippen molar-refractivity contribution in [2.24, 2.45) is 0 Å². The first-order chi connectivity index (χ1) is 9.22. The molecular formula is C18H24Cl2O2Zr. The maximum atomic E-state index is 9.22. The van der Waals surface area contributed by atoms with Gasteiger partial charge in [0.05, 0.1) is 0 Å². The second kappa shape index (κ2) is 12.0. The average Bonchev–Trinajstić information content (AvgIpc) is 2.35. The van der Waals surface area contributed by atoms with Gasteiger partial charge in [-0.15, -0.1) is 0 Å². The molecule has 0 saturated heterocycles. The molecule has 0 radical (unpaired) electrons. The first-order valence-corrected chi connectivity index (χ1v) is 6.76. The molecule has 126 valence electrons. The molecule has 2 aromatic rings. The number of hydrogen-bond donors (Lipinski definition) is 2. The Balaban J connectivity index is -0.000000308. The van der Waals surface area contributed by atoms with Gasteiger partial charge in [0.2, 0.25) is 0 Å². The van der Waals surface area contributed by atoms with Crippen LogP contribution in [0.2, 0.25) is 0 Å². The largest absolute Gasteiger partial charge is 2.00 e. The monoisotopic (exact) mass is 432 g/mol. The van der Waals surface area contributed by atoms with E-state index in [1.807, 2.05) is 53.7 Å². The van der Waals surface area contributed by atoms with Crippen molar-refractivity contribution in [2.45, 2.75) is 41.5 Å². The summed E-state index contributed by atoms with van der Waals surface area (Å²) >= 11 is 0. The molecule has 0 aromatic heterocycles. The molecule has 0 unspecified atom stereocenters. The third-order valence-corrected chi connectivity index (χ3v) is 3.62. The van der Waals surface area contributed by atoms with Gasteiger partial charge in [0.1, 0.15) is 11.5 Å². The third-order valence-electron chi connectivity index (χ3n) is 3.62. The van der Waals surface area contributed by atoms with Crippen molar-refractivity contribution in [3.05, 3.63) is 57.6 Å². The summed E-state index contributed by atoms with van der Waals surface area (Å²) in [5.74, 6) is 0.784. The molecule has 0 bridgehead atoms. The van der Waals surface area contributed by atoms with E-state index in [1.54, 1.807) is 12.1 Å². The summed E-state index contributed by atoms with van der Waals surface area (Å²) in [5.41, 5.74) is 6.64. The van der Waals surface area contributed by atoms with Gasteiger partial charge in [-0.05, 0) is 87.1 Å². The number of benzene rings is 2. The number of phenols is 2. The number of halogens is 2. The zero-order chi connectivity index (χ0) is 15.4. The fourth-order valence-electron chi connectivity index (χ4n) is 1.89. The van der Waals surface area contributed by atoms with Crippen LogP contribution in [0.1, 0.15) is 33.4 Å². The molecule has 0 spiro atoms. The quantitative estimate of drug-likeness (QED) is 0.538. The zero-order valence-electron chi connectivity index (χ0n) is 14.5. The number of hydrogen-bond acceptors (Lipinski definition) is 2. The number of aromatic hydroxyl groups is 2. The molecule has 2 nitrogen and oxygen atoms in total. The Bertz CT molecular complexity index is 473. The molecule has 0 fully saturated rings. The van der Waals surface area contributed by atoms with Crippen molar-refractivity contribution >= 4 is 0 Å². The van der Waals surface area contributed by atoms with Gasteiger partial charge in [0, 0.05) is 0 Å². The number of phenolic OH excluding ortho intramolecular Hbond substituents is 2. The Morgan fingerprint density at radius 3 is 0.913 bits per heavy atom. The number of rotatable bonds is 0.